The standard InChI is InChI=1S/C26H31N3O7/c1-26(2,3)36-25(34)28-20(15-22(31)35-16-21(30)18-12-8-5-9-13-18)24(33)29-23(32)19(27)14-17-10-6-4-7-11-17/h4-13,19-20H,14-16,27H2,1-3H3,(H,28,34)(H,29,32,33)/t19-,20-/m0/s1. The van der Waals surface area contributed by atoms with Gasteiger partial charge < -0.3 is 20.5 Å². The number of rotatable bonds is 10. The third-order valence-corrected chi connectivity index (χ3v) is 4.72. The molecule has 4 N–H and O–H groups in total. The molecule has 0 heterocycles. The van der Waals surface area contributed by atoms with Crippen molar-refractivity contribution in [2.75, 3.05) is 6.61 Å². The molecule has 0 aromatic heterocycles. The minimum absolute atomic E-state index is 0.174. The normalized spacial score (nSPS) is 12.6. The van der Waals surface area contributed by atoms with Crippen LogP contribution in [-0.4, -0.2) is 54.0 Å². The van der Waals surface area contributed by atoms with Gasteiger partial charge >= 0.3 is 12.1 Å². The molecule has 0 spiro atoms. The fourth-order valence-corrected chi connectivity index (χ4v) is 3.00. The van der Waals surface area contributed by atoms with E-state index in [0.29, 0.717) is 5.56 Å². The number of benzene rings is 2. The summed E-state index contributed by atoms with van der Waals surface area (Å²) in [4.78, 5) is 62.0. The molecule has 2 rings (SSSR count). The third-order valence-electron chi connectivity index (χ3n) is 4.72. The summed E-state index contributed by atoms with van der Waals surface area (Å²) in [5.74, 6) is -3.13. The number of Topliss-reactive ketones (excluding diaryl/α,β-unsaturated/α-hetero) is 1. The summed E-state index contributed by atoms with van der Waals surface area (Å²) in [5.41, 5.74) is 6.19. The van der Waals surface area contributed by atoms with Crippen LogP contribution in [0.15, 0.2) is 60.7 Å². The average molecular weight is 498 g/mol. The van der Waals surface area contributed by atoms with Gasteiger partial charge in [0.1, 0.15) is 11.6 Å². The van der Waals surface area contributed by atoms with Crippen LogP contribution < -0.4 is 16.4 Å². The van der Waals surface area contributed by atoms with Crippen molar-refractivity contribution in [1.29, 1.82) is 0 Å². The Hall–Kier alpha value is -4.05. The Labute approximate surface area is 209 Å². The van der Waals surface area contributed by atoms with Gasteiger partial charge in [0, 0.05) is 5.56 Å². The predicted molar refractivity (Wildman–Crippen MR) is 131 cm³/mol. The molecule has 2 aromatic carbocycles. The van der Waals surface area contributed by atoms with Crippen molar-refractivity contribution in [1.82, 2.24) is 10.6 Å². The van der Waals surface area contributed by atoms with Crippen molar-refractivity contribution in [3.63, 3.8) is 0 Å². The minimum Gasteiger partial charge on any atom is -0.457 e. The Balaban J connectivity index is 2.01. The van der Waals surface area contributed by atoms with E-state index >= 15 is 0 Å². The highest BCUT2D eigenvalue weighted by atomic mass is 16.6. The number of hydrogen-bond donors (Lipinski definition) is 3. The number of carbonyl (C=O) groups excluding carboxylic acids is 5. The van der Waals surface area contributed by atoms with Gasteiger partial charge in [0.15, 0.2) is 12.4 Å². The molecule has 0 saturated carbocycles. The highest BCUT2D eigenvalue weighted by Gasteiger charge is 2.29. The van der Waals surface area contributed by atoms with Crippen LogP contribution in [0.1, 0.15) is 43.1 Å². The Morgan fingerprint density at radius 2 is 1.47 bits per heavy atom. The van der Waals surface area contributed by atoms with Gasteiger partial charge in [-0.25, -0.2) is 4.79 Å². The van der Waals surface area contributed by atoms with E-state index in [0.717, 1.165) is 5.56 Å². The van der Waals surface area contributed by atoms with E-state index in [-0.39, 0.29) is 6.42 Å². The Morgan fingerprint density at radius 1 is 0.889 bits per heavy atom. The quantitative estimate of drug-likeness (QED) is 0.332. The minimum atomic E-state index is -1.51. The molecule has 0 aliphatic carbocycles. The number of hydrogen-bond acceptors (Lipinski definition) is 8. The monoisotopic (exact) mass is 497 g/mol. The van der Waals surface area contributed by atoms with Gasteiger partial charge in [0.05, 0.1) is 12.5 Å². The maximum atomic E-state index is 12.8. The van der Waals surface area contributed by atoms with Crippen molar-refractivity contribution in [3.05, 3.63) is 71.8 Å². The van der Waals surface area contributed by atoms with Crippen molar-refractivity contribution < 1.29 is 33.4 Å². The molecule has 2 atom stereocenters. The zero-order valence-electron chi connectivity index (χ0n) is 20.5. The summed E-state index contributed by atoms with van der Waals surface area (Å²) in [6.45, 7) is 4.32. The van der Waals surface area contributed by atoms with Gasteiger partial charge in [-0.15, -0.1) is 0 Å². The number of nitrogens with two attached hydrogens (primary N) is 1. The molecule has 0 radical (unpaired) electrons. The molecular formula is C26H31N3O7. The van der Waals surface area contributed by atoms with Crippen LogP contribution in [0.2, 0.25) is 0 Å². The molecular weight excluding hydrogens is 466 g/mol. The number of esters is 1. The SMILES string of the molecule is CC(C)(C)OC(=O)N[C@@H](CC(=O)OCC(=O)c1ccccc1)C(=O)NC(=O)[C@@H](N)Cc1ccccc1. The lowest BCUT2D eigenvalue weighted by molar-refractivity contribution is -0.145. The van der Waals surface area contributed by atoms with Crippen molar-refractivity contribution in [2.24, 2.45) is 5.73 Å². The van der Waals surface area contributed by atoms with E-state index in [2.05, 4.69) is 10.6 Å². The smallest absolute Gasteiger partial charge is 0.408 e. The highest BCUT2D eigenvalue weighted by molar-refractivity contribution is 6.02. The molecule has 0 aliphatic rings. The number of carbonyl (C=O) groups is 5. The van der Waals surface area contributed by atoms with Crippen LogP contribution in [0.3, 0.4) is 0 Å². The van der Waals surface area contributed by atoms with Crippen molar-refractivity contribution in [2.45, 2.75) is 51.3 Å². The molecule has 36 heavy (non-hydrogen) atoms. The lowest BCUT2D eigenvalue weighted by Crippen LogP contribution is -2.53. The van der Waals surface area contributed by atoms with Gasteiger partial charge in [-0.3, -0.25) is 24.5 Å². The summed E-state index contributed by atoms with van der Waals surface area (Å²) < 4.78 is 10.1. The third kappa shape index (κ3) is 10.1. The Morgan fingerprint density at radius 3 is 2.06 bits per heavy atom. The fraction of sp³-hybridized carbons (Fsp3) is 0.346. The summed E-state index contributed by atoms with van der Waals surface area (Å²) >= 11 is 0. The highest BCUT2D eigenvalue weighted by Crippen LogP contribution is 2.08. The lowest BCUT2D eigenvalue weighted by atomic mass is 10.1. The average Bonchev–Trinajstić information content (AvgIpc) is 2.82. The number of ketones is 1. The van der Waals surface area contributed by atoms with Crippen LogP contribution in [0.25, 0.3) is 0 Å². The topological polar surface area (TPSA) is 154 Å². The second-order valence-corrected chi connectivity index (χ2v) is 9.00. The molecule has 2 aromatic rings. The summed E-state index contributed by atoms with van der Waals surface area (Å²) in [6.07, 6.45) is -1.45. The molecule has 0 saturated heterocycles. The first-order valence-corrected chi connectivity index (χ1v) is 11.3. The van der Waals surface area contributed by atoms with Crippen LogP contribution in [0.5, 0.6) is 0 Å². The van der Waals surface area contributed by atoms with Crippen molar-refractivity contribution in [3.8, 4) is 0 Å². The first-order valence-electron chi connectivity index (χ1n) is 11.3. The fourth-order valence-electron chi connectivity index (χ4n) is 3.00. The van der Waals surface area contributed by atoms with Gasteiger partial charge in [-0.05, 0) is 32.8 Å². The predicted octanol–water partition coefficient (Wildman–Crippen LogP) is 1.91. The van der Waals surface area contributed by atoms with Crippen LogP contribution in [0.4, 0.5) is 4.79 Å². The number of alkyl carbamates (subject to hydrolysis) is 1. The molecule has 10 heteroatoms. The van der Waals surface area contributed by atoms with E-state index in [1.807, 2.05) is 6.07 Å². The summed E-state index contributed by atoms with van der Waals surface area (Å²) in [6, 6.07) is 14.6. The van der Waals surface area contributed by atoms with Crippen LogP contribution in [-0.2, 0) is 30.3 Å². The first-order chi connectivity index (χ1) is 16.9. The molecule has 192 valence electrons. The van der Waals surface area contributed by atoms with E-state index in [9.17, 15) is 24.0 Å². The summed E-state index contributed by atoms with van der Waals surface area (Å²) in [5, 5.41) is 4.38. The Kier molecular flexibility index (Phi) is 10.3. The molecule has 0 fully saturated rings. The Bertz CT molecular complexity index is 1070. The maximum absolute atomic E-state index is 12.8. The number of nitrogens with one attached hydrogen (secondary N) is 2. The maximum Gasteiger partial charge on any atom is 0.408 e. The molecule has 0 aliphatic heterocycles. The zero-order valence-corrected chi connectivity index (χ0v) is 20.5. The van der Waals surface area contributed by atoms with Gasteiger partial charge in [0.2, 0.25) is 11.8 Å². The second kappa shape index (κ2) is 13.1. The van der Waals surface area contributed by atoms with Gasteiger partial charge in [-0.1, -0.05) is 60.7 Å². The largest absolute Gasteiger partial charge is 0.457 e. The molecule has 10 nitrogen and oxygen atoms in total. The van der Waals surface area contributed by atoms with Gasteiger partial charge in [-0.2, -0.15) is 0 Å². The zero-order chi connectivity index (χ0) is 26.7. The lowest BCUT2D eigenvalue weighted by Gasteiger charge is -2.23. The number of amides is 3. The van der Waals surface area contributed by atoms with E-state index in [1.165, 1.54) is 0 Å². The second-order valence-electron chi connectivity index (χ2n) is 9.00. The van der Waals surface area contributed by atoms with E-state index in [4.69, 9.17) is 15.2 Å². The van der Waals surface area contributed by atoms with E-state index < -0.39 is 60.4 Å². The number of imide groups is 1. The van der Waals surface area contributed by atoms with Crippen LogP contribution >= 0.6 is 0 Å². The molecule has 0 bridgehead atoms. The van der Waals surface area contributed by atoms with Crippen LogP contribution in [0, 0.1) is 0 Å². The van der Waals surface area contributed by atoms with Gasteiger partial charge in [0.25, 0.3) is 0 Å². The summed E-state index contributed by atoms with van der Waals surface area (Å²) in [7, 11) is 0. The van der Waals surface area contributed by atoms with E-state index in [1.54, 1.807) is 75.4 Å². The number of ether oxygens (including phenoxy) is 2. The molecule has 3 amide bonds. The van der Waals surface area contributed by atoms with Crippen molar-refractivity contribution >= 4 is 29.7 Å². The molecule has 0 unspecified atom stereocenters. The first kappa shape index (κ1) is 28.2.